The summed E-state index contributed by atoms with van der Waals surface area (Å²) in [7, 11) is 0. The van der Waals surface area contributed by atoms with Gasteiger partial charge in [0.15, 0.2) is 0 Å². The molecule has 1 aromatic heterocycles. The van der Waals surface area contributed by atoms with Crippen molar-refractivity contribution < 1.29 is 23.5 Å². The highest BCUT2D eigenvalue weighted by atomic mass is 16.5. The van der Waals surface area contributed by atoms with Gasteiger partial charge in [-0.15, -0.1) is 0 Å². The fraction of sp³-hybridized carbons (Fsp3) is 0.636. The number of hydrogen-bond donors (Lipinski definition) is 0. The first kappa shape index (κ1) is 18.3. The molecule has 4 rings (SSSR count). The molecule has 3 aliphatic rings. The average molecular weight is 372 g/mol. The maximum absolute atomic E-state index is 12.3. The van der Waals surface area contributed by atoms with Gasteiger partial charge in [-0.1, -0.05) is 19.9 Å². The maximum Gasteiger partial charge on any atom is 0.334 e. The lowest BCUT2D eigenvalue weighted by Gasteiger charge is -2.57. The lowest BCUT2D eigenvalue weighted by Crippen LogP contribution is -2.52. The molecular formula is C22H28O5. The number of allylic oxidation sites excluding steroid dienone is 1. The van der Waals surface area contributed by atoms with Crippen LogP contribution < -0.4 is 0 Å². The van der Waals surface area contributed by atoms with Crippen LogP contribution in [0.2, 0.25) is 0 Å². The quantitative estimate of drug-likeness (QED) is 0.723. The van der Waals surface area contributed by atoms with E-state index in [4.69, 9.17) is 13.9 Å². The second-order valence-corrected chi connectivity index (χ2v) is 8.78. The third-order valence-electron chi connectivity index (χ3n) is 7.48. The minimum atomic E-state index is -0.337. The van der Waals surface area contributed by atoms with E-state index < -0.39 is 0 Å². The zero-order chi connectivity index (χ0) is 19.2. The second-order valence-electron chi connectivity index (χ2n) is 8.78. The Bertz CT molecular complexity index is 764. The molecule has 0 aromatic carbocycles. The molecule has 0 unspecified atom stereocenters. The van der Waals surface area contributed by atoms with Crippen LogP contribution in [0.25, 0.3) is 0 Å². The van der Waals surface area contributed by atoms with Gasteiger partial charge in [0.1, 0.15) is 12.7 Å². The van der Waals surface area contributed by atoms with Crippen LogP contribution in [-0.4, -0.2) is 18.5 Å². The van der Waals surface area contributed by atoms with Crippen molar-refractivity contribution in [2.24, 2.45) is 22.7 Å². The minimum Gasteiger partial charge on any atom is -0.472 e. The normalized spacial score (nSPS) is 36.3. The van der Waals surface area contributed by atoms with Gasteiger partial charge in [-0.3, -0.25) is 4.79 Å². The summed E-state index contributed by atoms with van der Waals surface area (Å²) in [5.41, 5.74) is 1.55. The molecule has 1 spiro atoms. The predicted octanol–water partition coefficient (Wildman–Crippen LogP) is 4.59. The van der Waals surface area contributed by atoms with Crippen molar-refractivity contribution in [1.29, 1.82) is 0 Å². The maximum atomic E-state index is 12.3. The van der Waals surface area contributed by atoms with E-state index in [0.717, 1.165) is 43.2 Å². The zero-order valence-electron chi connectivity index (χ0n) is 16.3. The Balaban J connectivity index is 1.70. The standard InChI is InChI=1S/C22H28O5/c1-14-7-9-22-13-26-20(24)17(22)5-4-6-19(22)21(14,3)11-18(27-15(2)23)16-8-10-25-12-16/h5,8,10,12,14,18-19H,4,6-7,9,11,13H2,1-3H3/t14-,18+,19-,21+,22-/m1/s1. The number of esters is 2. The van der Waals surface area contributed by atoms with Crippen LogP contribution in [0.5, 0.6) is 0 Å². The molecule has 0 amide bonds. The molecule has 27 heavy (non-hydrogen) atoms. The zero-order valence-corrected chi connectivity index (χ0v) is 16.3. The van der Waals surface area contributed by atoms with Gasteiger partial charge in [0.25, 0.3) is 0 Å². The number of cyclic esters (lactones) is 1. The Morgan fingerprint density at radius 2 is 2.22 bits per heavy atom. The summed E-state index contributed by atoms with van der Waals surface area (Å²) < 4.78 is 16.5. The minimum absolute atomic E-state index is 0.0663. The summed E-state index contributed by atoms with van der Waals surface area (Å²) >= 11 is 0. The van der Waals surface area contributed by atoms with Gasteiger partial charge in [0, 0.05) is 23.5 Å². The van der Waals surface area contributed by atoms with Crippen molar-refractivity contribution in [3.8, 4) is 0 Å². The van der Waals surface area contributed by atoms with E-state index in [2.05, 4.69) is 19.9 Å². The van der Waals surface area contributed by atoms with Gasteiger partial charge in [-0.2, -0.15) is 0 Å². The third-order valence-corrected chi connectivity index (χ3v) is 7.48. The van der Waals surface area contributed by atoms with Crippen LogP contribution >= 0.6 is 0 Å². The van der Waals surface area contributed by atoms with Crippen LogP contribution in [0.3, 0.4) is 0 Å². The number of rotatable bonds is 4. The molecule has 0 bridgehead atoms. The number of carbonyl (C=O) groups excluding carboxylic acids is 2. The smallest absolute Gasteiger partial charge is 0.334 e. The molecule has 1 saturated carbocycles. The van der Waals surface area contributed by atoms with Crippen LogP contribution in [0.15, 0.2) is 34.7 Å². The van der Waals surface area contributed by atoms with Gasteiger partial charge in [-0.25, -0.2) is 4.79 Å². The molecule has 1 aliphatic heterocycles. The molecule has 5 heteroatoms. The lowest BCUT2D eigenvalue weighted by molar-refractivity contribution is -0.153. The van der Waals surface area contributed by atoms with E-state index in [1.807, 2.05) is 6.07 Å². The summed E-state index contributed by atoms with van der Waals surface area (Å²) in [4.78, 5) is 24.1. The highest BCUT2D eigenvalue weighted by Gasteiger charge is 2.61. The monoisotopic (exact) mass is 372 g/mol. The van der Waals surface area contributed by atoms with Gasteiger partial charge in [0.05, 0.1) is 12.5 Å². The van der Waals surface area contributed by atoms with Gasteiger partial charge in [-0.05, 0) is 55.4 Å². The molecule has 2 aliphatic carbocycles. The number of ether oxygens (including phenoxy) is 2. The molecule has 1 aromatic rings. The molecule has 2 heterocycles. The van der Waals surface area contributed by atoms with Crippen LogP contribution in [0.1, 0.15) is 64.5 Å². The van der Waals surface area contributed by atoms with Crippen molar-refractivity contribution in [2.45, 2.75) is 59.0 Å². The topological polar surface area (TPSA) is 65.7 Å². The van der Waals surface area contributed by atoms with Crippen LogP contribution in [0.4, 0.5) is 0 Å². The molecular weight excluding hydrogens is 344 g/mol. The number of furan rings is 1. The SMILES string of the molecule is CC(=O)O[C@@H](C[C@@]1(C)[C@H](C)CC[C@@]23COC(=O)C2=CCC[C@@H]31)c1ccoc1. The van der Waals surface area contributed by atoms with Crippen molar-refractivity contribution in [2.75, 3.05) is 6.61 Å². The molecule has 5 atom stereocenters. The molecule has 2 fully saturated rings. The highest BCUT2D eigenvalue weighted by molar-refractivity contribution is 5.92. The largest absolute Gasteiger partial charge is 0.472 e. The fourth-order valence-corrected chi connectivity index (χ4v) is 5.92. The van der Waals surface area contributed by atoms with Crippen LogP contribution in [0, 0.1) is 22.7 Å². The molecule has 1 saturated heterocycles. The number of hydrogen-bond acceptors (Lipinski definition) is 5. The Kier molecular flexibility index (Phi) is 4.44. The predicted molar refractivity (Wildman–Crippen MR) is 98.5 cm³/mol. The first-order valence-electron chi connectivity index (χ1n) is 9.94. The average Bonchev–Trinajstić information content (AvgIpc) is 3.27. The van der Waals surface area contributed by atoms with Gasteiger partial charge < -0.3 is 13.9 Å². The van der Waals surface area contributed by atoms with E-state index in [9.17, 15) is 9.59 Å². The van der Waals surface area contributed by atoms with E-state index in [0.29, 0.717) is 18.4 Å². The second kappa shape index (κ2) is 6.54. The summed E-state index contributed by atoms with van der Waals surface area (Å²) in [5, 5.41) is 0. The fourth-order valence-electron chi connectivity index (χ4n) is 5.92. The Labute approximate surface area is 160 Å². The Hall–Kier alpha value is -2.04. The summed E-state index contributed by atoms with van der Waals surface area (Å²) in [6.07, 6.45) is 9.75. The van der Waals surface area contributed by atoms with Crippen molar-refractivity contribution in [3.05, 3.63) is 35.8 Å². The summed E-state index contributed by atoms with van der Waals surface area (Å²) in [6.45, 7) is 6.55. The molecule has 5 nitrogen and oxygen atoms in total. The van der Waals surface area contributed by atoms with Gasteiger partial charge in [0.2, 0.25) is 0 Å². The highest BCUT2D eigenvalue weighted by Crippen LogP contribution is 2.64. The first-order valence-corrected chi connectivity index (χ1v) is 9.94. The summed E-state index contributed by atoms with van der Waals surface area (Å²) in [5.74, 6) is 0.382. The molecule has 0 N–H and O–H groups in total. The third kappa shape index (κ3) is 2.82. The van der Waals surface area contributed by atoms with Crippen molar-refractivity contribution >= 4 is 11.9 Å². The van der Waals surface area contributed by atoms with Crippen molar-refractivity contribution in [1.82, 2.24) is 0 Å². The lowest BCUT2D eigenvalue weighted by atomic mass is 9.46. The number of carbonyl (C=O) groups is 2. The Morgan fingerprint density at radius 1 is 1.41 bits per heavy atom. The summed E-state index contributed by atoms with van der Waals surface area (Å²) in [6, 6.07) is 1.87. The first-order chi connectivity index (χ1) is 12.9. The molecule has 0 radical (unpaired) electrons. The van der Waals surface area contributed by atoms with E-state index in [1.54, 1.807) is 12.5 Å². The van der Waals surface area contributed by atoms with Gasteiger partial charge >= 0.3 is 11.9 Å². The van der Waals surface area contributed by atoms with Crippen molar-refractivity contribution in [3.63, 3.8) is 0 Å². The molecule has 146 valence electrons. The van der Waals surface area contributed by atoms with E-state index in [1.165, 1.54) is 6.92 Å². The van der Waals surface area contributed by atoms with Crippen LogP contribution in [-0.2, 0) is 19.1 Å². The van der Waals surface area contributed by atoms with E-state index in [-0.39, 0.29) is 28.9 Å². The van der Waals surface area contributed by atoms with E-state index >= 15 is 0 Å². The Morgan fingerprint density at radius 3 is 2.93 bits per heavy atom.